The number of hydrogen-bond donors (Lipinski definition) is 1. The van der Waals surface area contributed by atoms with Crippen molar-refractivity contribution in [1.29, 1.82) is 0 Å². The fourth-order valence-corrected chi connectivity index (χ4v) is 2.18. The van der Waals surface area contributed by atoms with Gasteiger partial charge in [-0.05, 0) is 48.5 Å². The second kappa shape index (κ2) is 6.96. The molecule has 0 atom stereocenters. The van der Waals surface area contributed by atoms with E-state index in [0.717, 1.165) is 10.7 Å². The highest BCUT2D eigenvalue weighted by molar-refractivity contribution is 6.03. The average molecular weight is 339 g/mol. The van der Waals surface area contributed by atoms with Crippen LogP contribution in [0.2, 0.25) is 0 Å². The predicted molar refractivity (Wildman–Crippen MR) is 89.3 cm³/mol. The molecule has 7 heteroatoms. The number of nitrogens with one attached hydrogen (secondary N) is 1. The first-order valence-electron chi connectivity index (χ1n) is 7.38. The first kappa shape index (κ1) is 16.4. The van der Waals surface area contributed by atoms with Crippen LogP contribution in [0.15, 0.2) is 60.8 Å². The summed E-state index contributed by atoms with van der Waals surface area (Å²) in [4.78, 5) is 24.5. The molecular formula is C18H14FN3O3. The van der Waals surface area contributed by atoms with Crippen LogP contribution < -0.4 is 10.1 Å². The highest BCUT2D eigenvalue weighted by Crippen LogP contribution is 2.15. The molecule has 1 N–H and O–H groups in total. The Labute approximate surface area is 142 Å². The number of ether oxygens (including phenoxy) is 1. The summed E-state index contributed by atoms with van der Waals surface area (Å²) in [5, 5.41) is 6.62. The van der Waals surface area contributed by atoms with Crippen LogP contribution >= 0.6 is 0 Å². The summed E-state index contributed by atoms with van der Waals surface area (Å²) in [5.74, 6) is -0.836. The van der Waals surface area contributed by atoms with Crippen LogP contribution in [0.25, 0.3) is 0 Å². The maximum atomic E-state index is 13.2. The molecular weight excluding hydrogens is 325 g/mol. The zero-order valence-corrected chi connectivity index (χ0v) is 13.3. The highest BCUT2D eigenvalue weighted by atomic mass is 19.1. The van der Waals surface area contributed by atoms with Crippen molar-refractivity contribution in [2.75, 3.05) is 12.4 Å². The maximum absolute atomic E-state index is 13.2. The van der Waals surface area contributed by atoms with Crippen molar-refractivity contribution >= 4 is 17.5 Å². The summed E-state index contributed by atoms with van der Waals surface area (Å²) in [7, 11) is 1.55. The molecule has 0 bridgehead atoms. The Morgan fingerprint density at radius 3 is 2.56 bits per heavy atom. The summed E-state index contributed by atoms with van der Waals surface area (Å²) < 4.78 is 19.3. The molecule has 0 saturated heterocycles. The lowest BCUT2D eigenvalue weighted by atomic mass is 10.2. The van der Waals surface area contributed by atoms with Gasteiger partial charge >= 0.3 is 0 Å². The van der Waals surface area contributed by atoms with E-state index in [4.69, 9.17) is 4.74 Å². The number of carbonyl (C=O) groups excluding carboxylic acids is 2. The van der Waals surface area contributed by atoms with E-state index in [2.05, 4.69) is 10.4 Å². The number of carbonyl (C=O) groups is 2. The van der Waals surface area contributed by atoms with Crippen molar-refractivity contribution in [2.24, 2.45) is 0 Å². The number of aromatic nitrogens is 2. The normalized spacial score (nSPS) is 10.3. The Bertz CT molecular complexity index is 919. The van der Waals surface area contributed by atoms with E-state index in [1.165, 1.54) is 30.5 Å². The van der Waals surface area contributed by atoms with Gasteiger partial charge in [0.25, 0.3) is 11.8 Å². The summed E-state index contributed by atoms with van der Waals surface area (Å²) in [6, 6.07) is 13.5. The van der Waals surface area contributed by atoms with Crippen molar-refractivity contribution < 1.29 is 18.7 Å². The topological polar surface area (TPSA) is 73.2 Å². The molecule has 1 aromatic heterocycles. The van der Waals surface area contributed by atoms with Crippen LogP contribution in [-0.4, -0.2) is 28.7 Å². The minimum absolute atomic E-state index is 0.0700. The lowest BCUT2D eigenvalue weighted by Crippen LogP contribution is -2.16. The molecule has 0 aliphatic carbocycles. The number of benzene rings is 2. The number of anilines is 1. The minimum atomic E-state index is -0.525. The second-order valence-corrected chi connectivity index (χ2v) is 5.14. The van der Waals surface area contributed by atoms with E-state index >= 15 is 0 Å². The van der Waals surface area contributed by atoms with Crippen molar-refractivity contribution in [3.8, 4) is 5.75 Å². The van der Waals surface area contributed by atoms with E-state index in [1.807, 2.05) is 0 Å². The van der Waals surface area contributed by atoms with Gasteiger partial charge in [-0.25, -0.2) is 9.07 Å². The largest absolute Gasteiger partial charge is 0.497 e. The van der Waals surface area contributed by atoms with Crippen molar-refractivity contribution in [1.82, 2.24) is 9.78 Å². The van der Waals surface area contributed by atoms with Crippen LogP contribution in [-0.2, 0) is 0 Å². The first-order valence-corrected chi connectivity index (χ1v) is 7.38. The summed E-state index contributed by atoms with van der Waals surface area (Å²) >= 11 is 0. The molecule has 1 heterocycles. The molecule has 25 heavy (non-hydrogen) atoms. The molecule has 6 nitrogen and oxygen atoms in total. The fourth-order valence-electron chi connectivity index (χ4n) is 2.18. The van der Waals surface area contributed by atoms with Gasteiger partial charge in [0.05, 0.1) is 7.11 Å². The smallest absolute Gasteiger partial charge is 0.278 e. The van der Waals surface area contributed by atoms with Gasteiger partial charge in [-0.15, -0.1) is 0 Å². The van der Waals surface area contributed by atoms with E-state index in [9.17, 15) is 14.0 Å². The molecule has 0 fully saturated rings. The van der Waals surface area contributed by atoms with Gasteiger partial charge in [0.15, 0.2) is 5.69 Å². The molecule has 3 rings (SSSR count). The third kappa shape index (κ3) is 3.72. The number of methoxy groups -OCH3 is 1. The third-order valence-corrected chi connectivity index (χ3v) is 3.45. The quantitative estimate of drug-likeness (QED) is 0.793. The van der Waals surface area contributed by atoms with Gasteiger partial charge in [0, 0.05) is 17.4 Å². The Morgan fingerprint density at radius 2 is 1.88 bits per heavy atom. The monoisotopic (exact) mass is 339 g/mol. The van der Waals surface area contributed by atoms with Gasteiger partial charge in [-0.3, -0.25) is 9.59 Å². The molecule has 1 amide bonds. The number of amides is 1. The van der Waals surface area contributed by atoms with E-state index in [1.54, 1.807) is 31.4 Å². The Kier molecular flexibility index (Phi) is 4.56. The SMILES string of the molecule is COc1ccc(NC(=O)c2ccn(C(=O)c3cccc(F)c3)n2)cc1. The Hall–Kier alpha value is -3.48. The zero-order chi connectivity index (χ0) is 17.8. The van der Waals surface area contributed by atoms with Gasteiger partial charge in [0.2, 0.25) is 0 Å². The van der Waals surface area contributed by atoms with Gasteiger partial charge in [-0.2, -0.15) is 5.10 Å². The molecule has 0 saturated carbocycles. The van der Waals surface area contributed by atoms with Gasteiger partial charge in [0.1, 0.15) is 11.6 Å². The zero-order valence-electron chi connectivity index (χ0n) is 13.3. The molecule has 0 aliphatic heterocycles. The predicted octanol–water partition coefficient (Wildman–Crippen LogP) is 2.97. The van der Waals surface area contributed by atoms with Crippen LogP contribution in [0.1, 0.15) is 20.8 Å². The van der Waals surface area contributed by atoms with E-state index < -0.39 is 17.6 Å². The standard InChI is InChI=1S/C18H14FN3O3/c1-25-15-7-5-14(6-8-15)20-17(23)16-9-10-22(21-16)18(24)12-3-2-4-13(19)11-12/h2-11H,1H3,(H,20,23). The van der Waals surface area contributed by atoms with Crippen molar-refractivity contribution in [2.45, 2.75) is 0 Å². The Balaban J connectivity index is 1.73. The van der Waals surface area contributed by atoms with Crippen LogP contribution in [0.4, 0.5) is 10.1 Å². The summed E-state index contributed by atoms with van der Waals surface area (Å²) in [5.41, 5.74) is 0.780. The van der Waals surface area contributed by atoms with Crippen LogP contribution in [0.5, 0.6) is 5.75 Å². The molecule has 0 spiro atoms. The van der Waals surface area contributed by atoms with Crippen LogP contribution in [0.3, 0.4) is 0 Å². The van der Waals surface area contributed by atoms with Gasteiger partial charge in [-0.1, -0.05) is 6.07 Å². The molecule has 2 aromatic carbocycles. The fraction of sp³-hybridized carbons (Fsp3) is 0.0556. The van der Waals surface area contributed by atoms with Crippen LogP contribution in [0, 0.1) is 5.82 Å². The van der Waals surface area contributed by atoms with Crippen molar-refractivity contribution in [3.05, 3.63) is 77.9 Å². The molecule has 126 valence electrons. The lowest BCUT2D eigenvalue weighted by molar-refractivity contribution is 0.0943. The second-order valence-electron chi connectivity index (χ2n) is 5.14. The summed E-state index contributed by atoms with van der Waals surface area (Å²) in [6.45, 7) is 0. The van der Waals surface area contributed by atoms with E-state index in [-0.39, 0.29) is 11.3 Å². The number of hydrogen-bond acceptors (Lipinski definition) is 4. The summed E-state index contributed by atoms with van der Waals surface area (Å²) in [6.07, 6.45) is 1.36. The molecule has 3 aromatic rings. The molecule has 0 unspecified atom stereocenters. The Morgan fingerprint density at radius 1 is 1.12 bits per heavy atom. The number of halogens is 1. The van der Waals surface area contributed by atoms with Gasteiger partial charge < -0.3 is 10.1 Å². The number of nitrogens with zero attached hydrogens (tertiary/aromatic N) is 2. The van der Waals surface area contributed by atoms with E-state index in [0.29, 0.717) is 11.4 Å². The lowest BCUT2D eigenvalue weighted by Gasteiger charge is -2.04. The third-order valence-electron chi connectivity index (χ3n) is 3.45. The highest BCUT2D eigenvalue weighted by Gasteiger charge is 2.15. The molecule has 0 radical (unpaired) electrons. The number of rotatable bonds is 4. The minimum Gasteiger partial charge on any atom is -0.497 e. The average Bonchev–Trinajstić information content (AvgIpc) is 3.12. The maximum Gasteiger partial charge on any atom is 0.278 e. The first-order chi connectivity index (χ1) is 12.1. The van der Waals surface area contributed by atoms with Crippen molar-refractivity contribution in [3.63, 3.8) is 0 Å². The molecule has 0 aliphatic rings.